The van der Waals surface area contributed by atoms with Crippen molar-refractivity contribution in [2.45, 2.75) is 39.2 Å². The summed E-state index contributed by atoms with van der Waals surface area (Å²) < 4.78 is 0. The van der Waals surface area contributed by atoms with E-state index in [0.29, 0.717) is 12.8 Å². The molecule has 1 rings (SSSR count). The molecule has 0 aromatic heterocycles. The summed E-state index contributed by atoms with van der Waals surface area (Å²) in [6.45, 7) is 3.56. The van der Waals surface area contributed by atoms with E-state index in [1.54, 1.807) is 14.0 Å². The van der Waals surface area contributed by atoms with E-state index in [1.165, 1.54) is 0 Å². The Hall–Kier alpha value is -1.68. The van der Waals surface area contributed by atoms with Crippen LogP contribution in [0.3, 0.4) is 0 Å². The molecule has 0 unspecified atom stereocenters. The van der Waals surface area contributed by atoms with E-state index in [2.05, 4.69) is 10.6 Å². The Labute approximate surface area is 114 Å². The lowest BCUT2D eigenvalue weighted by Crippen LogP contribution is -2.34. The molecule has 0 aliphatic heterocycles. The molecule has 1 aromatic rings. The van der Waals surface area contributed by atoms with Crippen LogP contribution in [0, 0.1) is 0 Å². The van der Waals surface area contributed by atoms with Gasteiger partial charge >= 0.3 is 0 Å². The molecule has 0 saturated heterocycles. The fourth-order valence-electron chi connectivity index (χ4n) is 1.86. The van der Waals surface area contributed by atoms with E-state index in [9.17, 15) is 9.59 Å². The van der Waals surface area contributed by atoms with E-state index >= 15 is 0 Å². The Kier molecular flexibility index (Phi) is 6.22. The largest absolute Gasteiger partial charge is 0.326 e. The molecule has 0 aliphatic rings. The topological polar surface area (TPSA) is 58.2 Å². The maximum Gasteiger partial charge on any atom is 0.224 e. The number of hydrogen-bond donors (Lipinski definition) is 2. The van der Waals surface area contributed by atoms with E-state index in [0.717, 1.165) is 17.7 Å². The van der Waals surface area contributed by atoms with Crippen molar-refractivity contribution >= 4 is 17.4 Å². The summed E-state index contributed by atoms with van der Waals surface area (Å²) in [6.07, 6.45) is 2.04. The summed E-state index contributed by atoms with van der Waals surface area (Å²) >= 11 is 0. The van der Waals surface area contributed by atoms with Crippen molar-refractivity contribution in [3.8, 4) is 0 Å². The number of likely N-dealkylation sites (N-methyl/N-ethyl adjacent to an activating group) is 1. The van der Waals surface area contributed by atoms with E-state index in [-0.39, 0.29) is 17.7 Å². The van der Waals surface area contributed by atoms with Crippen LogP contribution >= 0.6 is 0 Å². The lowest BCUT2D eigenvalue weighted by molar-refractivity contribution is -0.119. The van der Waals surface area contributed by atoms with Gasteiger partial charge in [-0.3, -0.25) is 9.59 Å². The van der Waals surface area contributed by atoms with E-state index in [4.69, 9.17) is 0 Å². The van der Waals surface area contributed by atoms with Gasteiger partial charge in [0.2, 0.25) is 5.91 Å². The maximum atomic E-state index is 11.4. The molecule has 104 valence electrons. The molecule has 0 radical (unpaired) electrons. The zero-order valence-corrected chi connectivity index (χ0v) is 11.8. The number of hydrogen-bond acceptors (Lipinski definition) is 3. The Balaban J connectivity index is 2.61. The fourth-order valence-corrected chi connectivity index (χ4v) is 1.86. The standard InChI is InChI=1S/C15H22N2O2/c1-4-5-15(19)17-13-8-6-12(7-9-13)10-14(16-3)11(2)18/h6-9,14,16H,4-5,10H2,1-3H3,(H,17,19)/t14-/m0/s1. The van der Waals surface area contributed by atoms with Crippen molar-refractivity contribution in [1.29, 1.82) is 0 Å². The van der Waals surface area contributed by atoms with Gasteiger partial charge in [0.25, 0.3) is 0 Å². The smallest absolute Gasteiger partial charge is 0.224 e. The van der Waals surface area contributed by atoms with Gasteiger partial charge in [-0.1, -0.05) is 19.1 Å². The Morgan fingerprint density at radius 1 is 1.21 bits per heavy atom. The first-order valence-corrected chi connectivity index (χ1v) is 6.63. The summed E-state index contributed by atoms with van der Waals surface area (Å²) in [4.78, 5) is 22.8. The number of amides is 1. The van der Waals surface area contributed by atoms with Crippen molar-refractivity contribution in [1.82, 2.24) is 5.32 Å². The van der Waals surface area contributed by atoms with Gasteiger partial charge in [0, 0.05) is 12.1 Å². The first-order chi connectivity index (χ1) is 9.06. The minimum atomic E-state index is -0.152. The van der Waals surface area contributed by atoms with Crippen molar-refractivity contribution in [2.75, 3.05) is 12.4 Å². The molecule has 0 heterocycles. The lowest BCUT2D eigenvalue weighted by Gasteiger charge is -2.13. The number of Topliss-reactive ketones (excluding diaryl/α,β-unsaturated/α-hetero) is 1. The van der Waals surface area contributed by atoms with Gasteiger partial charge in [0.1, 0.15) is 5.78 Å². The highest BCUT2D eigenvalue weighted by atomic mass is 16.1. The second-order valence-electron chi connectivity index (χ2n) is 4.65. The molecule has 0 bridgehead atoms. The van der Waals surface area contributed by atoms with Gasteiger partial charge in [0.05, 0.1) is 6.04 Å². The lowest BCUT2D eigenvalue weighted by atomic mass is 10.0. The predicted molar refractivity (Wildman–Crippen MR) is 77.2 cm³/mol. The molecule has 2 N–H and O–H groups in total. The van der Waals surface area contributed by atoms with Gasteiger partial charge in [-0.15, -0.1) is 0 Å². The van der Waals surface area contributed by atoms with Gasteiger partial charge < -0.3 is 10.6 Å². The minimum absolute atomic E-state index is 0.0343. The zero-order valence-electron chi connectivity index (χ0n) is 11.8. The molecule has 0 fully saturated rings. The summed E-state index contributed by atoms with van der Waals surface area (Å²) in [5, 5.41) is 5.83. The summed E-state index contributed by atoms with van der Waals surface area (Å²) in [6, 6.07) is 7.47. The summed E-state index contributed by atoms with van der Waals surface area (Å²) in [5.41, 5.74) is 1.87. The third kappa shape index (κ3) is 5.22. The number of carbonyl (C=O) groups excluding carboxylic acids is 2. The van der Waals surface area contributed by atoms with E-state index in [1.807, 2.05) is 31.2 Å². The number of ketones is 1. The highest BCUT2D eigenvalue weighted by molar-refractivity contribution is 5.90. The molecular formula is C15H22N2O2. The molecule has 0 spiro atoms. The average molecular weight is 262 g/mol. The summed E-state index contributed by atoms with van der Waals surface area (Å²) in [5.74, 6) is 0.162. The van der Waals surface area contributed by atoms with Crippen molar-refractivity contribution in [2.24, 2.45) is 0 Å². The highest BCUT2D eigenvalue weighted by Crippen LogP contribution is 2.12. The van der Waals surface area contributed by atoms with E-state index < -0.39 is 0 Å². The number of nitrogens with one attached hydrogen (secondary N) is 2. The molecule has 19 heavy (non-hydrogen) atoms. The van der Waals surface area contributed by atoms with Gasteiger partial charge in [-0.25, -0.2) is 0 Å². The third-order valence-electron chi connectivity index (χ3n) is 2.99. The predicted octanol–water partition coefficient (Wildman–Crippen LogP) is 2.14. The monoisotopic (exact) mass is 262 g/mol. The first-order valence-electron chi connectivity index (χ1n) is 6.63. The number of rotatable bonds is 7. The minimum Gasteiger partial charge on any atom is -0.326 e. The normalized spacial score (nSPS) is 11.9. The van der Waals surface area contributed by atoms with Crippen molar-refractivity contribution in [3.63, 3.8) is 0 Å². The van der Waals surface area contributed by atoms with Crippen LogP contribution in [0.4, 0.5) is 5.69 Å². The zero-order chi connectivity index (χ0) is 14.3. The van der Waals surface area contributed by atoms with Crippen LogP contribution < -0.4 is 10.6 Å². The number of benzene rings is 1. The highest BCUT2D eigenvalue weighted by Gasteiger charge is 2.12. The van der Waals surface area contributed by atoms with Gasteiger partial charge in [-0.2, -0.15) is 0 Å². The van der Waals surface area contributed by atoms with Crippen molar-refractivity contribution in [3.05, 3.63) is 29.8 Å². The Morgan fingerprint density at radius 2 is 1.84 bits per heavy atom. The van der Waals surface area contributed by atoms with Crippen LogP contribution in [-0.4, -0.2) is 24.8 Å². The van der Waals surface area contributed by atoms with Crippen LogP contribution in [0.25, 0.3) is 0 Å². The third-order valence-corrected chi connectivity index (χ3v) is 2.99. The molecule has 0 saturated carbocycles. The van der Waals surface area contributed by atoms with Crippen molar-refractivity contribution < 1.29 is 9.59 Å². The second kappa shape index (κ2) is 7.69. The van der Waals surface area contributed by atoms with Crippen LogP contribution in [0.5, 0.6) is 0 Å². The van der Waals surface area contributed by atoms with Crippen LogP contribution in [0.15, 0.2) is 24.3 Å². The number of anilines is 1. The Morgan fingerprint density at radius 3 is 2.32 bits per heavy atom. The molecule has 4 nitrogen and oxygen atoms in total. The fraction of sp³-hybridized carbons (Fsp3) is 0.467. The molecule has 1 amide bonds. The van der Waals surface area contributed by atoms with Crippen LogP contribution in [0.2, 0.25) is 0 Å². The molecular weight excluding hydrogens is 240 g/mol. The SMILES string of the molecule is CCCC(=O)Nc1ccc(C[C@H](NC)C(C)=O)cc1. The quantitative estimate of drug-likeness (QED) is 0.791. The molecule has 0 aliphatic carbocycles. The Bertz CT molecular complexity index is 426. The van der Waals surface area contributed by atoms with Crippen LogP contribution in [-0.2, 0) is 16.0 Å². The van der Waals surface area contributed by atoms with Gasteiger partial charge in [0.15, 0.2) is 0 Å². The molecule has 4 heteroatoms. The first kappa shape index (κ1) is 15.4. The summed E-state index contributed by atoms with van der Waals surface area (Å²) in [7, 11) is 1.78. The average Bonchev–Trinajstić information content (AvgIpc) is 2.37. The molecule has 1 aromatic carbocycles. The number of carbonyl (C=O) groups is 2. The maximum absolute atomic E-state index is 11.4. The molecule has 1 atom stereocenters. The van der Waals surface area contributed by atoms with Crippen LogP contribution in [0.1, 0.15) is 32.3 Å². The van der Waals surface area contributed by atoms with Gasteiger partial charge in [-0.05, 0) is 44.5 Å². The second-order valence-corrected chi connectivity index (χ2v) is 4.65.